The van der Waals surface area contributed by atoms with Crippen molar-refractivity contribution in [1.82, 2.24) is 14.5 Å². The molecule has 8 heteroatoms. The molecule has 0 aliphatic carbocycles. The van der Waals surface area contributed by atoms with Crippen molar-refractivity contribution in [2.45, 2.75) is 39.7 Å². The number of carbonyl (C=O) groups excluding carboxylic acids is 1. The molecular weight excluding hydrogens is 442 g/mol. The maximum atomic E-state index is 13.0. The zero-order valence-corrected chi connectivity index (χ0v) is 20.9. The van der Waals surface area contributed by atoms with Crippen LogP contribution in [0.2, 0.25) is 0 Å². The highest BCUT2D eigenvalue weighted by Gasteiger charge is 2.39. The van der Waals surface area contributed by atoms with Gasteiger partial charge < -0.3 is 9.64 Å². The van der Waals surface area contributed by atoms with E-state index in [-0.39, 0.29) is 17.6 Å². The lowest BCUT2D eigenvalue weighted by molar-refractivity contribution is -0.146. The Morgan fingerprint density at radius 3 is 2.57 bits per heavy atom. The molecule has 1 aromatic heterocycles. The fourth-order valence-electron chi connectivity index (χ4n) is 5.10. The van der Waals surface area contributed by atoms with E-state index in [1.807, 2.05) is 19.9 Å². The fraction of sp³-hybridized carbons (Fsp3) is 0.481. The highest BCUT2D eigenvalue weighted by atomic mass is 16.5. The first kappa shape index (κ1) is 24.9. The average Bonchev–Trinajstić information content (AvgIpc) is 2.85. The molecule has 35 heavy (non-hydrogen) atoms. The van der Waals surface area contributed by atoms with Gasteiger partial charge in [0.1, 0.15) is 17.6 Å². The lowest BCUT2D eigenvalue weighted by atomic mass is 9.82. The molecule has 2 aromatic rings. The predicted molar refractivity (Wildman–Crippen MR) is 139 cm³/mol. The van der Waals surface area contributed by atoms with Gasteiger partial charge in [0.2, 0.25) is 0 Å². The Kier molecular flexibility index (Phi) is 7.80. The Morgan fingerprint density at radius 2 is 1.91 bits per heavy atom. The summed E-state index contributed by atoms with van der Waals surface area (Å²) in [5.41, 5.74) is 2.49. The van der Waals surface area contributed by atoms with Crippen LogP contribution in [0, 0.1) is 5.92 Å². The van der Waals surface area contributed by atoms with Crippen LogP contribution in [0.1, 0.15) is 37.8 Å². The van der Waals surface area contributed by atoms with Crippen LogP contribution in [0.3, 0.4) is 0 Å². The van der Waals surface area contributed by atoms with E-state index in [0.29, 0.717) is 30.5 Å². The van der Waals surface area contributed by atoms with E-state index in [9.17, 15) is 9.59 Å². The van der Waals surface area contributed by atoms with Gasteiger partial charge in [0.15, 0.2) is 0 Å². The van der Waals surface area contributed by atoms with Crippen molar-refractivity contribution < 1.29 is 9.53 Å². The van der Waals surface area contributed by atoms with E-state index in [2.05, 4.69) is 45.6 Å². The van der Waals surface area contributed by atoms with Crippen LogP contribution in [0.15, 0.2) is 52.8 Å². The quantitative estimate of drug-likeness (QED) is 0.429. The summed E-state index contributed by atoms with van der Waals surface area (Å²) in [6, 6.07) is 10.5. The molecule has 1 saturated heterocycles. The van der Waals surface area contributed by atoms with Crippen molar-refractivity contribution in [3.63, 3.8) is 0 Å². The minimum Gasteiger partial charge on any atom is -0.465 e. The van der Waals surface area contributed by atoms with Crippen molar-refractivity contribution in [1.29, 1.82) is 0 Å². The van der Waals surface area contributed by atoms with Gasteiger partial charge in [0.05, 0.1) is 6.61 Å². The maximum Gasteiger partial charge on any atom is 0.351 e. The maximum absolute atomic E-state index is 13.0. The minimum atomic E-state index is -0.496. The first-order chi connectivity index (χ1) is 16.9. The number of hydrogen-bond acceptors (Lipinski definition) is 7. The Balaban J connectivity index is 1.60. The molecule has 0 amide bonds. The van der Waals surface area contributed by atoms with E-state index in [1.165, 1.54) is 5.56 Å². The van der Waals surface area contributed by atoms with Crippen LogP contribution in [0.4, 0.5) is 11.6 Å². The number of benzene rings is 1. The number of aromatic nitrogens is 2. The number of ether oxygens (including phenoxy) is 1. The molecular formula is C27H35N5O3. The first-order valence-electron chi connectivity index (χ1n) is 12.4. The number of allylic oxidation sites excluding steroid dienone is 1. The topological polar surface area (TPSA) is 80.0 Å². The lowest BCUT2D eigenvalue weighted by Crippen LogP contribution is -2.48. The van der Waals surface area contributed by atoms with E-state index >= 15 is 0 Å². The SMILES string of the molecule is C=CCn1c2c(c(N3CCN(CCc4ccccc4)CC3)nc1=O)C(C)C(C(=O)OCC)C(C)=N2. The Bertz CT molecular complexity index is 1150. The number of aliphatic imine (C=N–C) groups is 1. The number of nitrogens with zero attached hydrogens (tertiary/aromatic N) is 5. The molecule has 2 aliphatic rings. The third kappa shape index (κ3) is 5.22. The molecule has 1 fully saturated rings. The Hall–Kier alpha value is -3.26. The zero-order valence-electron chi connectivity index (χ0n) is 20.9. The summed E-state index contributed by atoms with van der Waals surface area (Å²) in [4.78, 5) is 39.7. The van der Waals surface area contributed by atoms with Crippen LogP contribution in [-0.4, -0.2) is 65.5 Å². The number of hydrogen-bond donors (Lipinski definition) is 0. The normalized spacial score (nSPS) is 20.2. The molecule has 2 unspecified atom stereocenters. The standard InChI is InChI=1S/C27H35N5O3/c1-5-13-32-25-23(19(3)22(20(4)28-25)26(33)35-6-2)24(29-27(32)34)31-17-15-30(16-18-31)14-12-21-10-8-7-9-11-21/h5,7-11,19,22H,1,6,12-18H2,2-4H3. The van der Waals surface area contributed by atoms with Gasteiger partial charge in [-0.1, -0.05) is 43.3 Å². The largest absolute Gasteiger partial charge is 0.465 e. The third-order valence-corrected chi connectivity index (χ3v) is 6.94. The van der Waals surface area contributed by atoms with Crippen molar-refractivity contribution in [2.75, 3.05) is 44.2 Å². The second-order valence-electron chi connectivity index (χ2n) is 9.19. The van der Waals surface area contributed by atoms with Crippen LogP contribution in [0.5, 0.6) is 0 Å². The van der Waals surface area contributed by atoms with Gasteiger partial charge in [0.25, 0.3) is 0 Å². The summed E-state index contributed by atoms with van der Waals surface area (Å²) in [5.74, 6) is 0.231. The van der Waals surface area contributed by atoms with Crippen molar-refractivity contribution in [3.8, 4) is 0 Å². The van der Waals surface area contributed by atoms with Gasteiger partial charge in [-0.3, -0.25) is 14.3 Å². The summed E-state index contributed by atoms with van der Waals surface area (Å²) >= 11 is 0. The molecule has 2 atom stereocenters. The highest BCUT2D eigenvalue weighted by molar-refractivity contribution is 6.04. The molecule has 3 heterocycles. The van der Waals surface area contributed by atoms with E-state index in [4.69, 9.17) is 9.73 Å². The molecule has 1 aromatic carbocycles. The van der Waals surface area contributed by atoms with Gasteiger partial charge in [0, 0.05) is 56.5 Å². The van der Waals surface area contributed by atoms with E-state index in [1.54, 1.807) is 17.6 Å². The molecule has 0 saturated carbocycles. The Labute approximate surface area is 206 Å². The number of fused-ring (bicyclic) bond motifs is 1. The van der Waals surface area contributed by atoms with Crippen LogP contribution in [-0.2, 0) is 22.5 Å². The highest BCUT2D eigenvalue weighted by Crippen LogP contribution is 2.42. The van der Waals surface area contributed by atoms with Crippen LogP contribution >= 0.6 is 0 Å². The van der Waals surface area contributed by atoms with Gasteiger partial charge in [-0.2, -0.15) is 4.98 Å². The molecule has 0 N–H and O–H groups in total. The smallest absolute Gasteiger partial charge is 0.351 e. The number of piperazine rings is 1. The average molecular weight is 478 g/mol. The summed E-state index contributed by atoms with van der Waals surface area (Å²) in [6.07, 6.45) is 2.68. The second kappa shape index (κ2) is 11.0. The van der Waals surface area contributed by atoms with E-state index < -0.39 is 5.92 Å². The monoisotopic (exact) mass is 477 g/mol. The second-order valence-corrected chi connectivity index (χ2v) is 9.19. The molecule has 0 bridgehead atoms. The Morgan fingerprint density at radius 1 is 1.20 bits per heavy atom. The van der Waals surface area contributed by atoms with Crippen LogP contribution < -0.4 is 10.6 Å². The number of rotatable bonds is 8. The molecule has 0 spiro atoms. The molecule has 4 rings (SSSR count). The fourth-order valence-corrected chi connectivity index (χ4v) is 5.10. The third-order valence-electron chi connectivity index (χ3n) is 6.94. The number of esters is 1. The summed E-state index contributed by atoms with van der Waals surface area (Å²) in [7, 11) is 0. The van der Waals surface area contributed by atoms with Gasteiger partial charge in [-0.25, -0.2) is 9.79 Å². The number of carbonyl (C=O) groups is 1. The predicted octanol–water partition coefficient (Wildman–Crippen LogP) is 3.18. The van der Waals surface area contributed by atoms with Crippen LogP contribution in [0.25, 0.3) is 0 Å². The summed E-state index contributed by atoms with van der Waals surface area (Å²) in [6.45, 7) is 14.3. The van der Waals surface area contributed by atoms with Crippen molar-refractivity contribution in [2.24, 2.45) is 10.9 Å². The zero-order chi connectivity index (χ0) is 24.9. The summed E-state index contributed by atoms with van der Waals surface area (Å²) in [5, 5.41) is 0. The summed E-state index contributed by atoms with van der Waals surface area (Å²) < 4.78 is 6.90. The van der Waals surface area contributed by atoms with E-state index in [0.717, 1.165) is 44.7 Å². The molecule has 2 aliphatic heterocycles. The molecule has 186 valence electrons. The van der Waals surface area contributed by atoms with Gasteiger partial charge in [-0.05, 0) is 25.8 Å². The van der Waals surface area contributed by atoms with Gasteiger partial charge in [-0.15, -0.1) is 6.58 Å². The number of anilines is 1. The van der Waals surface area contributed by atoms with Crippen molar-refractivity contribution in [3.05, 3.63) is 64.6 Å². The molecule has 8 nitrogen and oxygen atoms in total. The minimum absolute atomic E-state index is 0.211. The van der Waals surface area contributed by atoms with Crippen molar-refractivity contribution >= 4 is 23.3 Å². The van der Waals surface area contributed by atoms with Gasteiger partial charge >= 0.3 is 11.7 Å². The lowest BCUT2D eigenvalue weighted by Gasteiger charge is -2.38. The first-order valence-corrected chi connectivity index (χ1v) is 12.4. The molecule has 0 radical (unpaired) electrons.